The zero-order valence-electron chi connectivity index (χ0n) is 26.4. The molecule has 0 amide bonds. The van der Waals surface area contributed by atoms with Crippen molar-refractivity contribution in [1.82, 2.24) is 14.5 Å². The highest BCUT2D eigenvalue weighted by molar-refractivity contribution is 7.25. The first-order chi connectivity index (χ1) is 24.3. The predicted octanol–water partition coefficient (Wildman–Crippen LogP) is 12.2. The minimum atomic E-state index is 0.754. The molecule has 0 bridgehead atoms. The van der Waals surface area contributed by atoms with Crippen molar-refractivity contribution < 1.29 is 0 Å². The van der Waals surface area contributed by atoms with Crippen LogP contribution in [0.25, 0.3) is 69.8 Å². The number of aromatic nitrogens is 3. The van der Waals surface area contributed by atoms with E-state index >= 15 is 0 Å². The molecule has 4 heterocycles. The zero-order valence-corrected chi connectivity index (χ0v) is 27.2. The van der Waals surface area contributed by atoms with Gasteiger partial charge in [0.05, 0.1) is 22.9 Å². The first kappa shape index (κ1) is 27.8. The Labute approximate surface area is 286 Å². The summed E-state index contributed by atoms with van der Waals surface area (Å²) in [6.07, 6.45) is 3.71. The lowest BCUT2D eigenvalue weighted by Crippen LogP contribution is -2.09. The first-order valence-corrected chi connectivity index (χ1v) is 17.2. The molecule has 10 aromatic rings. The number of anilines is 3. The molecule has 4 aromatic heterocycles. The molecule has 0 fully saturated rings. The van der Waals surface area contributed by atoms with Crippen LogP contribution in [0.3, 0.4) is 0 Å². The van der Waals surface area contributed by atoms with Crippen molar-refractivity contribution in [3.8, 4) is 16.8 Å². The summed E-state index contributed by atoms with van der Waals surface area (Å²) < 4.78 is 4.93. The summed E-state index contributed by atoms with van der Waals surface area (Å²) in [5.74, 6) is 0. The molecule has 5 heteroatoms. The summed E-state index contributed by atoms with van der Waals surface area (Å²) in [7, 11) is 0. The number of benzene rings is 6. The van der Waals surface area contributed by atoms with E-state index in [1.54, 1.807) is 6.20 Å². The van der Waals surface area contributed by atoms with Crippen LogP contribution in [0.1, 0.15) is 0 Å². The van der Waals surface area contributed by atoms with Gasteiger partial charge in [-0.15, -0.1) is 11.3 Å². The predicted molar refractivity (Wildman–Crippen MR) is 207 cm³/mol. The van der Waals surface area contributed by atoms with Crippen LogP contribution >= 0.6 is 11.3 Å². The smallest absolute Gasteiger partial charge is 0.159 e. The van der Waals surface area contributed by atoms with Crippen LogP contribution in [0.4, 0.5) is 17.1 Å². The summed E-state index contributed by atoms with van der Waals surface area (Å²) in [5.41, 5.74) is 9.83. The van der Waals surface area contributed by atoms with Gasteiger partial charge in [-0.3, -0.25) is 0 Å². The molecule has 0 unspecified atom stereocenters. The number of hydrogen-bond donors (Lipinski definition) is 0. The third-order valence-electron chi connectivity index (χ3n) is 9.46. The van der Waals surface area contributed by atoms with Gasteiger partial charge < -0.3 is 9.47 Å². The van der Waals surface area contributed by atoms with E-state index in [1.165, 1.54) is 42.1 Å². The maximum atomic E-state index is 4.67. The van der Waals surface area contributed by atoms with Gasteiger partial charge >= 0.3 is 0 Å². The highest BCUT2D eigenvalue weighted by atomic mass is 32.1. The SMILES string of the molecule is c1ccc(N(c2ccc(-c3ccc4c(c3)c3ccccc3n4-c3cnc4ncccc4c3)cc2)c2ccc3sc4ccccc4c3c2)cc1. The molecule has 0 aliphatic heterocycles. The zero-order chi connectivity index (χ0) is 32.3. The van der Waals surface area contributed by atoms with E-state index in [0.29, 0.717) is 0 Å². The van der Waals surface area contributed by atoms with Gasteiger partial charge in [-0.2, -0.15) is 0 Å². The highest BCUT2D eigenvalue weighted by Crippen LogP contribution is 2.41. The fourth-order valence-electron chi connectivity index (χ4n) is 7.19. The monoisotopic (exact) mass is 644 g/mol. The van der Waals surface area contributed by atoms with E-state index in [2.05, 4.69) is 171 Å². The van der Waals surface area contributed by atoms with Crippen LogP contribution in [-0.4, -0.2) is 14.5 Å². The van der Waals surface area contributed by atoms with Crippen LogP contribution < -0.4 is 4.90 Å². The van der Waals surface area contributed by atoms with Crippen molar-refractivity contribution in [2.24, 2.45) is 0 Å². The van der Waals surface area contributed by atoms with Crippen molar-refractivity contribution in [2.75, 3.05) is 4.90 Å². The Kier molecular flexibility index (Phi) is 6.32. The van der Waals surface area contributed by atoms with Crippen LogP contribution in [0.5, 0.6) is 0 Å². The molecule has 49 heavy (non-hydrogen) atoms. The van der Waals surface area contributed by atoms with E-state index in [1.807, 2.05) is 23.6 Å². The Balaban J connectivity index is 1.07. The molecular weight excluding hydrogens is 617 g/mol. The molecule has 4 nitrogen and oxygen atoms in total. The van der Waals surface area contributed by atoms with Gasteiger partial charge in [0.1, 0.15) is 0 Å². The lowest BCUT2D eigenvalue weighted by molar-refractivity contribution is 1.15. The Morgan fingerprint density at radius 1 is 0.469 bits per heavy atom. The van der Waals surface area contributed by atoms with Crippen molar-refractivity contribution in [2.45, 2.75) is 0 Å². The average Bonchev–Trinajstić information content (AvgIpc) is 3.71. The van der Waals surface area contributed by atoms with E-state index in [0.717, 1.165) is 44.8 Å². The molecule has 0 radical (unpaired) electrons. The molecule has 6 aromatic carbocycles. The van der Waals surface area contributed by atoms with Gasteiger partial charge in [0.15, 0.2) is 5.65 Å². The lowest BCUT2D eigenvalue weighted by atomic mass is 10.0. The number of thiophene rings is 1. The average molecular weight is 645 g/mol. The van der Waals surface area contributed by atoms with Gasteiger partial charge in [0.2, 0.25) is 0 Å². The summed E-state index contributed by atoms with van der Waals surface area (Å²) >= 11 is 1.85. The summed E-state index contributed by atoms with van der Waals surface area (Å²) in [5, 5.41) is 6.05. The molecule has 0 N–H and O–H groups in total. The number of fused-ring (bicyclic) bond motifs is 7. The maximum absolute atomic E-state index is 4.67. The van der Waals surface area contributed by atoms with Crippen LogP contribution in [-0.2, 0) is 0 Å². The van der Waals surface area contributed by atoms with E-state index in [-0.39, 0.29) is 0 Å². The minimum Gasteiger partial charge on any atom is -0.310 e. The van der Waals surface area contributed by atoms with Gasteiger partial charge in [0, 0.05) is 59.6 Å². The minimum absolute atomic E-state index is 0.754. The van der Waals surface area contributed by atoms with Crippen LogP contribution in [0, 0.1) is 0 Å². The Bertz CT molecular complexity index is 2830. The maximum Gasteiger partial charge on any atom is 0.159 e. The molecule has 0 atom stereocenters. The summed E-state index contributed by atoms with van der Waals surface area (Å²) in [6.45, 7) is 0. The topological polar surface area (TPSA) is 34.0 Å². The quantitative estimate of drug-likeness (QED) is 0.187. The summed E-state index contributed by atoms with van der Waals surface area (Å²) in [6, 6.07) is 56.7. The summed E-state index contributed by atoms with van der Waals surface area (Å²) in [4.78, 5) is 11.4. The number of rotatable bonds is 5. The van der Waals surface area contributed by atoms with Crippen molar-refractivity contribution in [3.05, 3.63) is 170 Å². The first-order valence-electron chi connectivity index (χ1n) is 16.4. The third-order valence-corrected chi connectivity index (χ3v) is 10.6. The van der Waals surface area contributed by atoms with Crippen LogP contribution in [0.15, 0.2) is 170 Å². The number of pyridine rings is 2. The van der Waals surface area contributed by atoms with E-state index < -0.39 is 0 Å². The van der Waals surface area contributed by atoms with Crippen LogP contribution in [0.2, 0.25) is 0 Å². The molecule has 0 aliphatic carbocycles. The standard InChI is InChI=1S/C44H28N4S/c1-2-10-32(11-3-1)47(34-21-23-43-39(27-34)37-13-5-7-15-42(37)49-43)33-19-16-29(17-20-33)30-18-22-41-38(26-30)36-12-4-6-14-40(36)48(41)35-25-31-9-8-24-45-44(31)46-28-35/h1-28H. The molecule has 10 rings (SSSR count). The number of para-hydroxylation sites is 2. The Morgan fingerprint density at radius 3 is 2.08 bits per heavy atom. The number of nitrogens with zero attached hydrogens (tertiary/aromatic N) is 4. The van der Waals surface area contributed by atoms with Gasteiger partial charge in [-0.1, -0.05) is 72.8 Å². The number of hydrogen-bond acceptors (Lipinski definition) is 4. The molecule has 0 aliphatic rings. The van der Waals surface area contributed by atoms with Crippen molar-refractivity contribution in [1.29, 1.82) is 0 Å². The molecule has 0 saturated heterocycles. The lowest BCUT2D eigenvalue weighted by Gasteiger charge is -2.26. The second kappa shape index (κ2) is 11.2. The molecular formula is C44H28N4S. The largest absolute Gasteiger partial charge is 0.310 e. The van der Waals surface area contributed by atoms with Crippen molar-refractivity contribution in [3.63, 3.8) is 0 Å². The van der Waals surface area contributed by atoms with Gasteiger partial charge in [-0.25, -0.2) is 9.97 Å². The van der Waals surface area contributed by atoms with Gasteiger partial charge in [-0.05, 0) is 96.1 Å². The highest BCUT2D eigenvalue weighted by Gasteiger charge is 2.17. The fraction of sp³-hybridized carbons (Fsp3) is 0. The fourth-order valence-corrected chi connectivity index (χ4v) is 8.27. The van der Waals surface area contributed by atoms with Gasteiger partial charge in [0.25, 0.3) is 0 Å². The second-order valence-electron chi connectivity index (χ2n) is 12.3. The molecule has 0 saturated carbocycles. The van der Waals surface area contributed by atoms with Crippen molar-refractivity contribution >= 4 is 81.4 Å². The Hall–Kier alpha value is -6.30. The normalized spacial score (nSPS) is 11.7. The Morgan fingerprint density at radius 2 is 1.18 bits per heavy atom. The molecule has 230 valence electrons. The molecule has 0 spiro atoms. The third kappa shape index (κ3) is 4.59. The van der Waals surface area contributed by atoms with E-state index in [4.69, 9.17) is 0 Å². The second-order valence-corrected chi connectivity index (χ2v) is 13.4. The van der Waals surface area contributed by atoms with E-state index in [9.17, 15) is 0 Å².